The molecule has 0 unspecified atom stereocenters. The zero-order valence-electron chi connectivity index (χ0n) is 20.4. The normalized spacial score (nSPS) is 13.9. The first kappa shape index (κ1) is 12.7. The number of pyridine rings is 2. The van der Waals surface area contributed by atoms with Crippen molar-refractivity contribution in [1.82, 2.24) is 19.5 Å². The summed E-state index contributed by atoms with van der Waals surface area (Å²) in [6.45, 7) is 1.92. The predicted octanol–water partition coefficient (Wildman–Crippen LogP) is 4.16. The van der Waals surface area contributed by atoms with Crippen LogP contribution in [0.15, 0.2) is 67.0 Å². The van der Waals surface area contributed by atoms with Crippen molar-refractivity contribution < 1.29 is 11.6 Å². The summed E-state index contributed by atoms with van der Waals surface area (Å²) in [5.41, 5.74) is 3.04. The zero-order valence-corrected chi connectivity index (χ0v) is 15.4. The van der Waals surface area contributed by atoms with Crippen molar-refractivity contribution >= 4 is 22.8 Å². The number of carbonyl (C=O) groups excluding carboxylic acids is 1. The summed E-state index contributed by atoms with van der Waals surface area (Å²) in [6, 6.07) is 1.72. The molecule has 0 aliphatic carbocycles. The van der Waals surface area contributed by atoms with E-state index in [1.54, 1.807) is 24.7 Å². The van der Waals surface area contributed by atoms with E-state index in [2.05, 4.69) is 15.0 Å². The van der Waals surface area contributed by atoms with Crippen LogP contribution in [0.1, 0.15) is 23.9 Å². The molecule has 0 fully saturated rings. The Morgan fingerprint density at radius 3 is 2.68 bits per heavy atom. The number of nitrogens with zero attached hydrogens (tertiary/aromatic N) is 4. The number of imidazole rings is 1. The van der Waals surface area contributed by atoms with E-state index in [1.165, 1.54) is 12.2 Å². The molecular formula is C23H20N4O. The number of ketones is 1. The van der Waals surface area contributed by atoms with Crippen LogP contribution >= 0.6 is 0 Å². The number of carbonyl (C=O) groups is 1. The third kappa shape index (κ3) is 3.74. The van der Waals surface area contributed by atoms with Gasteiger partial charge in [-0.1, -0.05) is 36.3 Å². The molecule has 0 bridgehead atoms. The summed E-state index contributed by atoms with van der Waals surface area (Å²) in [5, 5.41) is 0.832. The first-order chi connectivity index (χ1) is 15.7. The van der Waals surface area contributed by atoms with E-state index in [9.17, 15) is 4.79 Å². The fourth-order valence-electron chi connectivity index (χ4n) is 2.84. The highest BCUT2D eigenvalue weighted by Crippen LogP contribution is 2.23. The first-order valence-corrected chi connectivity index (χ1v) is 8.68. The molecule has 28 heavy (non-hydrogen) atoms. The maximum absolute atomic E-state index is 12.5. The van der Waals surface area contributed by atoms with Gasteiger partial charge in [0.25, 0.3) is 0 Å². The number of aryl methyl sites for hydroxylation is 1. The van der Waals surface area contributed by atoms with Gasteiger partial charge in [-0.3, -0.25) is 14.8 Å². The van der Waals surface area contributed by atoms with Gasteiger partial charge < -0.3 is 4.57 Å². The quantitative estimate of drug-likeness (QED) is 0.493. The molecule has 4 aromatic rings. The summed E-state index contributed by atoms with van der Waals surface area (Å²) in [5.74, 6) is 0.581. The molecule has 0 saturated carbocycles. The average Bonchev–Trinajstić information content (AvgIpc) is 3.14. The Morgan fingerprint density at radius 2 is 1.93 bits per heavy atom. The van der Waals surface area contributed by atoms with Gasteiger partial charge in [-0.15, -0.1) is 0 Å². The number of allylic oxidation sites excluding steroid dienone is 1. The highest BCUT2D eigenvalue weighted by molar-refractivity contribution is 5.95. The van der Waals surface area contributed by atoms with E-state index in [4.69, 9.17) is 6.85 Å². The Labute approximate surface area is 170 Å². The minimum absolute atomic E-state index is 0.000144. The smallest absolute Gasteiger partial charge is 0.161 e. The number of hydrogen-bond acceptors (Lipinski definition) is 4. The van der Waals surface area contributed by atoms with E-state index >= 15 is 0 Å². The van der Waals surface area contributed by atoms with Crippen molar-refractivity contribution in [3.05, 3.63) is 84.1 Å². The van der Waals surface area contributed by atoms with Gasteiger partial charge in [-0.05, 0) is 30.7 Å². The van der Waals surface area contributed by atoms with Gasteiger partial charge in [-0.2, -0.15) is 0 Å². The van der Waals surface area contributed by atoms with E-state index in [0.29, 0.717) is 11.2 Å². The van der Waals surface area contributed by atoms with Crippen LogP contribution in [-0.2, 0) is 18.3 Å². The summed E-state index contributed by atoms with van der Waals surface area (Å²) in [6.07, 6.45) is 7.62. The lowest BCUT2D eigenvalue weighted by Gasteiger charge is -2.06. The molecule has 0 atom stereocenters. The summed E-state index contributed by atoms with van der Waals surface area (Å²) in [4.78, 5) is 25.6. The van der Waals surface area contributed by atoms with E-state index in [1.807, 2.05) is 24.6 Å². The number of hydrogen-bond donors (Lipinski definition) is 0. The Bertz CT molecular complexity index is 1420. The van der Waals surface area contributed by atoms with Crippen molar-refractivity contribution in [1.29, 1.82) is 0 Å². The standard InChI is InChI=1S/C23H20N4O/c1-16-24-15-23(27(16)2)19-10-18-11-20(25-14-22(18)26-13-19)12-21(28)9-8-17-6-4-3-5-7-17/h3-11,13-15H,12H2,1-2H3/b9-8+/i3D,4D,5D,6D,7D. The average molecular weight is 373 g/mol. The molecule has 1 aromatic carbocycles. The minimum atomic E-state index is -0.469. The highest BCUT2D eigenvalue weighted by Gasteiger charge is 2.09. The molecule has 138 valence electrons. The van der Waals surface area contributed by atoms with Gasteiger partial charge in [-0.25, -0.2) is 4.98 Å². The monoisotopic (exact) mass is 373 g/mol. The topological polar surface area (TPSA) is 60.7 Å². The molecule has 0 saturated heterocycles. The Kier molecular flexibility index (Phi) is 3.44. The van der Waals surface area contributed by atoms with E-state index in [0.717, 1.165) is 22.5 Å². The second-order valence-electron chi connectivity index (χ2n) is 6.36. The minimum Gasteiger partial charge on any atom is -0.331 e. The van der Waals surface area contributed by atoms with Crippen molar-refractivity contribution in [2.24, 2.45) is 7.05 Å². The van der Waals surface area contributed by atoms with Gasteiger partial charge in [0.05, 0.1) is 36.9 Å². The van der Waals surface area contributed by atoms with E-state index in [-0.39, 0.29) is 29.9 Å². The molecule has 3 aromatic heterocycles. The number of benzene rings is 1. The molecule has 0 spiro atoms. The van der Waals surface area contributed by atoms with Gasteiger partial charge in [0.2, 0.25) is 0 Å². The Hall–Kier alpha value is -3.60. The number of aromatic nitrogens is 4. The SMILES string of the molecule is [2H]c1c([2H])c([2H])c(/C=C/C(=O)Cc2cc3cc(-c4cnc(C)n4C)cnc3cn2)c([2H])c1[2H]. The third-order valence-corrected chi connectivity index (χ3v) is 4.45. The fourth-order valence-corrected chi connectivity index (χ4v) is 2.84. The molecule has 4 rings (SSSR count). The van der Waals surface area contributed by atoms with Crippen LogP contribution in [-0.4, -0.2) is 25.3 Å². The molecule has 3 heterocycles. The highest BCUT2D eigenvalue weighted by atomic mass is 16.1. The molecule has 0 N–H and O–H groups in total. The fraction of sp³-hybridized carbons (Fsp3) is 0.130. The molecule has 0 radical (unpaired) electrons. The number of fused-ring (bicyclic) bond motifs is 1. The van der Waals surface area contributed by atoms with E-state index < -0.39 is 18.1 Å². The lowest BCUT2D eigenvalue weighted by molar-refractivity contribution is -0.114. The van der Waals surface area contributed by atoms with Crippen LogP contribution in [0.2, 0.25) is 0 Å². The first-order valence-electron chi connectivity index (χ1n) is 11.2. The van der Waals surface area contributed by atoms with Crippen LogP contribution in [0.4, 0.5) is 0 Å². The van der Waals surface area contributed by atoms with Gasteiger partial charge >= 0.3 is 0 Å². The number of rotatable bonds is 5. The molecule has 0 aliphatic rings. The van der Waals surface area contributed by atoms with Gasteiger partial charge in [0.15, 0.2) is 5.78 Å². The second-order valence-corrected chi connectivity index (χ2v) is 6.36. The molecular weight excluding hydrogens is 348 g/mol. The second kappa shape index (κ2) is 7.56. The maximum atomic E-state index is 12.5. The summed E-state index contributed by atoms with van der Waals surface area (Å²) < 4.78 is 40.9. The summed E-state index contributed by atoms with van der Waals surface area (Å²) in [7, 11) is 1.93. The van der Waals surface area contributed by atoms with Crippen molar-refractivity contribution in [2.75, 3.05) is 0 Å². The zero-order chi connectivity index (χ0) is 23.9. The molecule has 0 amide bonds. The van der Waals surface area contributed by atoms with Crippen LogP contribution in [0, 0.1) is 6.92 Å². The Balaban J connectivity index is 1.59. The maximum Gasteiger partial charge on any atom is 0.161 e. The van der Waals surface area contributed by atoms with Gasteiger partial charge in [0, 0.05) is 29.9 Å². The van der Waals surface area contributed by atoms with Gasteiger partial charge in [0.1, 0.15) is 5.82 Å². The van der Waals surface area contributed by atoms with Crippen LogP contribution < -0.4 is 0 Å². The van der Waals surface area contributed by atoms with Crippen molar-refractivity contribution in [2.45, 2.75) is 13.3 Å². The van der Waals surface area contributed by atoms with Crippen LogP contribution in [0.25, 0.3) is 28.2 Å². The lowest BCUT2D eigenvalue weighted by atomic mass is 10.1. The molecule has 5 heteroatoms. The largest absolute Gasteiger partial charge is 0.331 e. The molecule has 0 aliphatic heterocycles. The lowest BCUT2D eigenvalue weighted by Crippen LogP contribution is -2.01. The summed E-state index contributed by atoms with van der Waals surface area (Å²) >= 11 is 0. The molecule has 5 nitrogen and oxygen atoms in total. The van der Waals surface area contributed by atoms with Crippen molar-refractivity contribution in [3.63, 3.8) is 0 Å². The van der Waals surface area contributed by atoms with Crippen LogP contribution in [0.3, 0.4) is 0 Å². The van der Waals surface area contributed by atoms with Crippen molar-refractivity contribution in [3.8, 4) is 11.3 Å². The van der Waals surface area contributed by atoms with Crippen LogP contribution in [0.5, 0.6) is 0 Å². The predicted molar refractivity (Wildman–Crippen MR) is 111 cm³/mol. The third-order valence-electron chi connectivity index (χ3n) is 4.45. The Morgan fingerprint density at radius 1 is 1.11 bits per heavy atom.